The van der Waals surface area contributed by atoms with Crippen LogP contribution in [0.15, 0.2) is 0 Å². The molecule has 1 rings (SSSR count). The van der Waals surface area contributed by atoms with Crippen LogP contribution in [-0.4, -0.2) is 54.7 Å². The summed E-state index contributed by atoms with van der Waals surface area (Å²) in [5.41, 5.74) is 4.47. The fourth-order valence-electron chi connectivity index (χ4n) is 2.03. The molecule has 0 aromatic heterocycles. The first-order valence-electron chi connectivity index (χ1n) is 5.84. The van der Waals surface area contributed by atoms with Gasteiger partial charge >= 0.3 is 5.97 Å². The molecule has 0 spiro atoms. The number of carboxylic acid groups (broad SMARTS) is 1. The van der Waals surface area contributed by atoms with Gasteiger partial charge in [0.1, 0.15) is 6.61 Å². The van der Waals surface area contributed by atoms with Crippen LogP contribution >= 0.6 is 0 Å². The number of hydrogen-bond donors (Lipinski definition) is 2. The minimum atomic E-state index is -0.821. The van der Waals surface area contributed by atoms with Gasteiger partial charge in [0.2, 0.25) is 5.91 Å². The fourth-order valence-corrected chi connectivity index (χ4v) is 2.03. The summed E-state index contributed by atoms with van der Waals surface area (Å²) in [6.07, 6.45) is 1.05. The molecule has 1 saturated heterocycles. The van der Waals surface area contributed by atoms with Crippen LogP contribution in [0.4, 0.5) is 0 Å². The number of carbonyl (C=O) groups is 2. The molecule has 6 heteroatoms. The summed E-state index contributed by atoms with van der Waals surface area (Å²) >= 11 is 0. The zero-order chi connectivity index (χ0) is 12.9. The molecule has 1 heterocycles. The molecule has 1 atom stereocenters. The molecule has 0 radical (unpaired) electrons. The summed E-state index contributed by atoms with van der Waals surface area (Å²) in [6.45, 7) is 3.32. The molecule has 17 heavy (non-hydrogen) atoms. The number of rotatable bonds is 6. The van der Waals surface area contributed by atoms with Gasteiger partial charge in [0.25, 0.3) is 0 Å². The van der Waals surface area contributed by atoms with Crippen LogP contribution in [0.1, 0.15) is 19.8 Å². The lowest BCUT2D eigenvalue weighted by Crippen LogP contribution is -2.38. The van der Waals surface area contributed by atoms with E-state index in [1.807, 2.05) is 6.92 Å². The molecule has 0 aromatic rings. The highest BCUT2D eigenvalue weighted by atomic mass is 16.5. The van der Waals surface area contributed by atoms with E-state index in [1.165, 1.54) is 0 Å². The minimum Gasteiger partial charge on any atom is -0.481 e. The lowest BCUT2D eigenvalue weighted by molar-refractivity contribution is -0.149. The molecular formula is C11H20N2O4. The molecule has 1 aliphatic rings. The molecule has 0 aliphatic carbocycles. The van der Waals surface area contributed by atoms with E-state index in [1.54, 1.807) is 4.90 Å². The highest BCUT2D eigenvalue weighted by Gasteiger charge is 2.44. The van der Waals surface area contributed by atoms with Crippen molar-refractivity contribution in [1.82, 2.24) is 4.90 Å². The molecule has 1 aliphatic heterocycles. The second-order valence-electron chi connectivity index (χ2n) is 4.35. The third-order valence-electron chi connectivity index (χ3n) is 3.32. The summed E-state index contributed by atoms with van der Waals surface area (Å²) < 4.78 is 5.06. The Morgan fingerprint density at radius 2 is 2.24 bits per heavy atom. The molecule has 3 N–H and O–H groups in total. The number of nitrogens with zero attached hydrogens (tertiary/aromatic N) is 1. The Balaban J connectivity index is 2.49. The monoisotopic (exact) mass is 244 g/mol. The van der Waals surface area contributed by atoms with Gasteiger partial charge in [-0.05, 0) is 12.8 Å². The number of aliphatic carboxylic acids is 1. The predicted octanol–water partition coefficient (Wildman–Crippen LogP) is -0.325. The number of hydrogen-bond acceptors (Lipinski definition) is 4. The van der Waals surface area contributed by atoms with E-state index in [2.05, 4.69) is 0 Å². The van der Waals surface area contributed by atoms with Crippen molar-refractivity contribution >= 4 is 11.9 Å². The van der Waals surface area contributed by atoms with Crippen molar-refractivity contribution in [2.24, 2.45) is 11.1 Å². The first-order valence-corrected chi connectivity index (χ1v) is 5.84. The average Bonchev–Trinajstić information content (AvgIpc) is 2.75. The summed E-state index contributed by atoms with van der Waals surface area (Å²) in [4.78, 5) is 24.5. The van der Waals surface area contributed by atoms with Gasteiger partial charge in [0, 0.05) is 19.6 Å². The van der Waals surface area contributed by atoms with Gasteiger partial charge in [0.05, 0.1) is 12.0 Å². The van der Waals surface area contributed by atoms with Gasteiger partial charge in [-0.3, -0.25) is 9.59 Å². The Morgan fingerprint density at radius 1 is 1.53 bits per heavy atom. The van der Waals surface area contributed by atoms with Crippen molar-refractivity contribution in [2.75, 3.05) is 32.8 Å². The number of nitrogens with two attached hydrogens (primary N) is 1. The molecule has 6 nitrogen and oxygen atoms in total. The highest BCUT2D eigenvalue weighted by molar-refractivity contribution is 5.81. The van der Waals surface area contributed by atoms with E-state index in [0.717, 1.165) is 0 Å². The van der Waals surface area contributed by atoms with Crippen molar-refractivity contribution in [3.63, 3.8) is 0 Å². The van der Waals surface area contributed by atoms with Gasteiger partial charge in [-0.15, -0.1) is 0 Å². The minimum absolute atomic E-state index is 0.0172. The van der Waals surface area contributed by atoms with Crippen LogP contribution in [0, 0.1) is 5.41 Å². The normalized spacial score (nSPS) is 24.0. The van der Waals surface area contributed by atoms with Gasteiger partial charge in [-0.2, -0.15) is 0 Å². The molecule has 0 bridgehead atoms. The predicted molar refractivity (Wildman–Crippen MR) is 61.4 cm³/mol. The van der Waals surface area contributed by atoms with E-state index >= 15 is 0 Å². The maximum absolute atomic E-state index is 11.7. The van der Waals surface area contributed by atoms with Crippen molar-refractivity contribution in [1.29, 1.82) is 0 Å². The standard InChI is InChI=1S/C11H20N2O4/c1-2-11(10(15)16)3-5-13(8-11)9(14)7-17-6-4-12/h2-8,12H2,1H3,(H,15,16). The van der Waals surface area contributed by atoms with E-state index in [9.17, 15) is 14.7 Å². The van der Waals surface area contributed by atoms with Crippen LogP contribution in [0.25, 0.3) is 0 Å². The van der Waals surface area contributed by atoms with E-state index in [4.69, 9.17) is 10.5 Å². The highest BCUT2D eigenvalue weighted by Crippen LogP contribution is 2.34. The summed E-state index contributed by atoms with van der Waals surface area (Å²) in [7, 11) is 0. The average molecular weight is 244 g/mol. The lowest BCUT2D eigenvalue weighted by Gasteiger charge is -2.23. The van der Waals surface area contributed by atoms with E-state index in [0.29, 0.717) is 32.5 Å². The van der Waals surface area contributed by atoms with E-state index in [-0.39, 0.29) is 19.1 Å². The van der Waals surface area contributed by atoms with Gasteiger partial charge in [-0.25, -0.2) is 0 Å². The number of likely N-dealkylation sites (tertiary alicyclic amines) is 1. The maximum atomic E-state index is 11.7. The van der Waals surface area contributed by atoms with Crippen molar-refractivity contribution < 1.29 is 19.4 Å². The van der Waals surface area contributed by atoms with Crippen molar-refractivity contribution in [3.05, 3.63) is 0 Å². The Hall–Kier alpha value is -1.14. The Labute approximate surface area is 101 Å². The van der Waals surface area contributed by atoms with Gasteiger partial charge < -0.3 is 20.5 Å². The van der Waals surface area contributed by atoms with Crippen molar-refractivity contribution in [2.45, 2.75) is 19.8 Å². The van der Waals surface area contributed by atoms with Gasteiger partial charge in [0.15, 0.2) is 0 Å². The first kappa shape index (κ1) is 13.9. The Bertz CT molecular complexity index is 295. The molecular weight excluding hydrogens is 224 g/mol. The number of carboxylic acids is 1. The summed E-state index contributed by atoms with van der Waals surface area (Å²) in [5, 5.41) is 9.19. The van der Waals surface area contributed by atoms with Crippen LogP contribution in [0.3, 0.4) is 0 Å². The fraction of sp³-hybridized carbons (Fsp3) is 0.818. The first-order chi connectivity index (χ1) is 8.05. The zero-order valence-electron chi connectivity index (χ0n) is 10.1. The second kappa shape index (κ2) is 5.97. The topological polar surface area (TPSA) is 92.9 Å². The molecule has 1 amide bonds. The summed E-state index contributed by atoms with van der Waals surface area (Å²) in [5.74, 6) is -0.979. The molecule has 1 fully saturated rings. The third-order valence-corrected chi connectivity index (χ3v) is 3.32. The van der Waals surface area contributed by atoms with Crippen LogP contribution in [-0.2, 0) is 14.3 Å². The summed E-state index contributed by atoms with van der Waals surface area (Å²) in [6, 6.07) is 0. The number of ether oxygens (including phenoxy) is 1. The SMILES string of the molecule is CCC1(C(=O)O)CCN(C(=O)COCCN)C1. The maximum Gasteiger partial charge on any atom is 0.311 e. The quantitative estimate of drug-likeness (QED) is 0.624. The molecule has 0 saturated carbocycles. The van der Waals surface area contributed by atoms with Crippen LogP contribution in [0.2, 0.25) is 0 Å². The van der Waals surface area contributed by atoms with Crippen LogP contribution in [0.5, 0.6) is 0 Å². The van der Waals surface area contributed by atoms with E-state index < -0.39 is 11.4 Å². The number of amides is 1. The Morgan fingerprint density at radius 3 is 2.71 bits per heavy atom. The molecule has 1 unspecified atom stereocenters. The van der Waals surface area contributed by atoms with Gasteiger partial charge in [-0.1, -0.05) is 6.92 Å². The second-order valence-corrected chi connectivity index (χ2v) is 4.35. The number of carbonyl (C=O) groups excluding carboxylic acids is 1. The van der Waals surface area contributed by atoms with Crippen LogP contribution < -0.4 is 5.73 Å². The zero-order valence-corrected chi connectivity index (χ0v) is 10.1. The smallest absolute Gasteiger partial charge is 0.311 e. The largest absolute Gasteiger partial charge is 0.481 e. The molecule has 98 valence electrons. The Kier molecular flexibility index (Phi) is 4.89. The lowest BCUT2D eigenvalue weighted by atomic mass is 9.84. The third kappa shape index (κ3) is 3.17. The van der Waals surface area contributed by atoms with Crippen molar-refractivity contribution in [3.8, 4) is 0 Å². The molecule has 0 aromatic carbocycles.